The summed E-state index contributed by atoms with van der Waals surface area (Å²) in [7, 11) is 3.45. The fourth-order valence-corrected chi connectivity index (χ4v) is 5.17. The zero-order valence-electron chi connectivity index (χ0n) is 20.7. The standard InChI is InChI=1S/C27H30N4O3S/c1-17-13-18(2)23(19(3)14-17)28-22(32)16-35-27-29-24-21(20-9-7-6-8-10-20)15-30(4)25(24)26(33)31(27)11-12-34-5/h6-10,13-15H,11-12,16H2,1-5H3,(H,28,32). The molecule has 0 bridgehead atoms. The van der Waals surface area contributed by atoms with Crippen molar-refractivity contribution in [2.75, 3.05) is 24.8 Å². The van der Waals surface area contributed by atoms with Gasteiger partial charge in [-0.15, -0.1) is 0 Å². The van der Waals surface area contributed by atoms with Gasteiger partial charge >= 0.3 is 0 Å². The zero-order valence-corrected chi connectivity index (χ0v) is 21.5. The summed E-state index contributed by atoms with van der Waals surface area (Å²) in [5.74, 6) is -0.0143. The Labute approximate surface area is 209 Å². The van der Waals surface area contributed by atoms with Gasteiger partial charge in [0.15, 0.2) is 5.16 Å². The van der Waals surface area contributed by atoms with Crippen LogP contribution >= 0.6 is 11.8 Å². The minimum atomic E-state index is -0.148. The third-order valence-electron chi connectivity index (χ3n) is 5.92. The van der Waals surface area contributed by atoms with Crippen molar-refractivity contribution in [1.29, 1.82) is 0 Å². The van der Waals surface area contributed by atoms with Crippen LogP contribution in [-0.4, -0.2) is 39.5 Å². The molecule has 0 aliphatic heterocycles. The maximum atomic E-state index is 13.5. The predicted molar refractivity (Wildman–Crippen MR) is 142 cm³/mol. The molecule has 4 rings (SSSR count). The van der Waals surface area contributed by atoms with Crippen LogP contribution in [-0.2, 0) is 23.1 Å². The van der Waals surface area contributed by atoms with E-state index in [1.807, 2.05) is 81.0 Å². The summed E-state index contributed by atoms with van der Waals surface area (Å²) >= 11 is 1.26. The van der Waals surface area contributed by atoms with E-state index >= 15 is 0 Å². The average molecular weight is 491 g/mol. The Bertz CT molecular complexity index is 1420. The summed E-state index contributed by atoms with van der Waals surface area (Å²) in [5.41, 5.74) is 6.91. The van der Waals surface area contributed by atoms with Gasteiger partial charge in [-0.05, 0) is 37.5 Å². The van der Waals surface area contributed by atoms with Gasteiger partial charge in [-0.1, -0.05) is 59.8 Å². The molecule has 7 nitrogen and oxygen atoms in total. The lowest BCUT2D eigenvalue weighted by atomic mass is 10.1. The first-order chi connectivity index (χ1) is 16.8. The SMILES string of the molecule is COCCn1c(SCC(=O)Nc2c(C)cc(C)cc2C)nc2c(-c3ccccc3)cn(C)c2c1=O. The molecule has 0 saturated heterocycles. The van der Waals surface area contributed by atoms with E-state index in [1.165, 1.54) is 11.8 Å². The summed E-state index contributed by atoms with van der Waals surface area (Å²) in [6.45, 7) is 6.73. The number of ether oxygens (including phenoxy) is 1. The Kier molecular flexibility index (Phi) is 7.42. The quantitative estimate of drug-likeness (QED) is 0.286. The summed E-state index contributed by atoms with van der Waals surface area (Å²) in [5, 5.41) is 3.52. The summed E-state index contributed by atoms with van der Waals surface area (Å²) in [6, 6.07) is 14.0. The molecule has 1 amide bonds. The van der Waals surface area contributed by atoms with Gasteiger partial charge in [0.1, 0.15) is 11.0 Å². The second-order valence-electron chi connectivity index (χ2n) is 8.67. The van der Waals surface area contributed by atoms with Crippen molar-refractivity contribution in [3.05, 3.63) is 75.7 Å². The second kappa shape index (κ2) is 10.5. The first-order valence-electron chi connectivity index (χ1n) is 11.4. The minimum Gasteiger partial charge on any atom is -0.383 e. The first kappa shape index (κ1) is 24.8. The highest BCUT2D eigenvalue weighted by atomic mass is 32.2. The third kappa shape index (κ3) is 5.18. The molecule has 2 aromatic heterocycles. The van der Waals surface area contributed by atoms with Crippen LogP contribution in [0.3, 0.4) is 0 Å². The van der Waals surface area contributed by atoms with Crippen molar-refractivity contribution in [3.8, 4) is 11.1 Å². The maximum Gasteiger partial charge on any atom is 0.278 e. The number of rotatable bonds is 8. The fraction of sp³-hybridized carbons (Fsp3) is 0.296. The van der Waals surface area contributed by atoms with Gasteiger partial charge in [-0.2, -0.15) is 0 Å². The highest BCUT2D eigenvalue weighted by molar-refractivity contribution is 7.99. The molecule has 0 radical (unpaired) electrons. The molecule has 2 heterocycles. The van der Waals surface area contributed by atoms with E-state index in [0.717, 1.165) is 33.5 Å². The van der Waals surface area contributed by atoms with Gasteiger partial charge in [0.05, 0.1) is 18.9 Å². The van der Waals surface area contributed by atoms with Gasteiger partial charge in [-0.3, -0.25) is 14.2 Å². The Morgan fingerprint density at radius 2 is 1.80 bits per heavy atom. The highest BCUT2D eigenvalue weighted by Gasteiger charge is 2.19. The van der Waals surface area contributed by atoms with Crippen LogP contribution in [0.5, 0.6) is 0 Å². The number of anilines is 1. The molecule has 0 aliphatic rings. The van der Waals surface area contributed by atoms with Crippen LogP contribution in [0.2, 0.25) is 0 Å². The van der Waals surface area contributed by atoms with Gasteiger partial charge in [0.25, 0.3) is 5.56 Å². The van der Waals surface area contributed by atoms with Crippen LogP contribution in [0.15, 0.2) is 58.6 Å². The molecule has 35 heavy (non-hydrogen) atoms. The number of fused-ring (bicyclic) bond motifs is 1. The molecule has 8 heteroatoms. The van der Waals surface area contributed by atoms with Crippen LogP contribution in [0.25, 0.3) is 22.2 Å². The third-order valence-corrected chi connectivity index (χ3v) is 6.89. The number of hydrogen-bond acceptors (Lipinski definition) is 5. The number of benzene rings is 2. The molecule has 1 N–H and O–H groups in total. The van der Waals surface area contributed by atoms with Crippen molar-refractivity contribution in [1.82, 2.24) is 14.1 Å². The average Bonchev–Trinajstić information content (AvgIpc) is 3.16. The molecular weight excluding hydrogens is 460 g/mol. The van der Waals surface area contributed by atoms with E-state index in [1.54, 1.807) is 11.7 Å². The maximum absolute atomic E-state index is 13.5. The second-order valence-corrected chi connectivity index (χ2v) is 9.61. The number of aryl methyl sites for hydroxylation is 4. The Hall–Kier alpha value is -3.36. The number of carbonyl (C=O) groups is 1. The van der Waals surface area contributed by atoms with E-state index in [2.05, 4.69) is 5.32 Å². The van der Waals surface area contributed by atoms with E-state index < -0.39 is 0 Å². The van der Waals surface area contributed by atoms with Crippen molar-refractivity contribution in [3.63, 3.8) is 0 Å². The number of nitrogens with zero attached hydrogens (tertiary/aromatic N) is 3. The molecule has 0 spiro atoms. The Morgan fingerprint density at radius 1 is 1.11 bits per heavy atom. The summed E-state index contributed by atoms with van der Waals surface area (Å²) in [4.78, 5) is 31.3. The van der Waals surface area contributed by atoms with Crippen LogP contribution in [0.4, 0.5) is 5.69 Å². The molecule has 0 fully saturated rings. The molecule has 4 aromatic rings. The van der Waals surface area contributed by atoms with E-state index in [0.29, 0.717) is 29.3 Å². The Morgan fingerprint density at radius 3 is 2.46 bits per heavy atom. The van der Waals surface area contributed by atoms with E-state index in [4.69, 9.17) is 9.72 Å². The Balaban J connectivity index is 1.69. The van der Waals surface area contributed by atoms with E-state index in [9.17, 15) is 9.59 Å². The number of methoxy groups -OCH3 is 1. The van der Waals surface area contributed by atoms with Crippen LogP contribution in [0.1, 0.15) is 16.7 Å². The van der Waals surface area contributed by atoms with Gasteiger partial charge in [-0.25, -0.2) is 4.98 Å². The fourth-order valence-electron chi connectivity index (χ4n) is 4.35. The first-order valence-corrected chi connectivity index (χ1v) is 12.4. The van der Waals surface area contributed by atoms with Gasteiger partial charge in [0.2, 0.25) is 5.91 Å². The number of amides is 1. The predicted octanol–water partition coefficient (Wildman–Crippen LogP) is 4.70. The minimum absolute atomic E-state index is 0.130. The van der Waals surface area contributed by atoms with Crippen molar-refractivity contribution in [2.45, 2.75) is 32.5 Å². The monoisotopic (exact) mass is 490 g/mol. The molecular formula is C27H30N4O3S. The largest absolute Gasteiger partial charge is 0.383 e. The molecule has 0 atom stereocenters. The lowest BCUT2D eigenvalue weighted by molar-refractivity contribution is -0.113. The number of nitrogens with one attached hydrogen (secondary N) is 1. The van der Waals surface area contributed by atoms with Gasteiger partial charge in [0, 0.05) is 31.6 Å². The molecule has 0 aliphatic carbocycles. The van der Waals surface area contributed by atoms with Crippen molar-refractivity contribution >= 4 is 34.4 Å². The normalized spacial score (nSPS) is 11.2. The van der Waals surface area contributed by atoms with Crippen molar-refractivity contribution < 1.29 is 9.53 Å². The van der Waals surface area contributed by atoms with Gasteiger partial charge < -0.3 is 14.6 Å². The summed E-state index contributed by atoms with van der Waals surface area (Å²) < 4.78 is 8.65. The topological polar surface area (TPSA) is 78.2 Å². The molecule has 0 unspecified atom stereocenters. The number of aromatic nitrogens is 3. The van der Waals surface area contributed by atoms with Crippen LogP contribution in [0, 0.1) is 20.8 Å². The van der Waals surface area contributed by atoms with E-state index in [-0.39, 0.29) is 17.2 Å². The smallest absolute Gasteiger partial charge is 0.278 e. The van der Waals surface area contributed by atoms with Crippen LogP contribution < -0.4 is 10.9 Å². The van der Waals surface area contributed by atoms with Crippen molar-refractivity contribution in [2.24, 2.45) is 7.05 Å². The summed E-state index contributed by atoms with van der Waals surface area (Å²) in [6.07, 6.45) is 1.93. The lowest BCUT2D eigenvalue weighted by Crippen LogP contribution is -2.27. The number of carbonyl (C=O) groups excluding carboxylic acids is 1. The molecule has 0 saturated carbocycles. The number of hydrogen-bond donors (Lipinski definition) is 1. The molecule has 182 valence electrons. The lowest BCUT2D eigenvalue weighted by Gasteiger charge is -2.14. The highest BCUT2D eigenvalue weighted by Crippen LogP contribution is 2.29. The molecule has 2 aromatic carbocycles. The zero-order chi connectivity index (χ0) is 25.1. The number of thioether (sulfide) groups is 1.